The van der Waals surface area contributed by atoms with Crippen molar-refractivity contribution in [2.24, 2.45) is 5.92 Å². The molecule has 2 rings (SSSR count). The Bertz CT molecular complexity index is 601. The lowest BCUT2D eigenvalue weighted by molar-refractivity contribution is -0.143. The van der Waals surface area contributed by atoms with Gasteiger partial charge in [-0.25, -0.2) is 9.59 Å². The van der Waals surface area contributed by atoms with E-state index in [1.54, 1.807) is 4.90 Å². The topological polar surface area (TPSA) is 61.9 Å². The molecule has 1 aromatic carbocycles. The third-order valence-corrected chi connectivity index (χ3v) is 4.47. The monoisotopic (exact) mass is 367 g/mol. The summed E-state index contributed by atoms with van der Waals surface area (Å²) in [7, 11) is 1.34. The van der Waals surface area contributed by atoms with Gasteiger partial charge in [-0.3, -0.25) is 0 Å². The molecule has 0 aromatic heterocycles. The molecule has 1 unspecified atom stereocenters. The second-order valence-corrected chi connectivity index (χ2v) is 7.05. The number of urea groups is 1. The number of halogens is 1. The van der Waals surface area contributed by atoms with Crippen LogP contribution in [0.2, 0.25) is 5.02 Å². The minimum atomic E-state index is -0.608. The predicted octanol–water partition coefficient (Wildman–Crippen LogP) is 2.76. The van der Waals surface area contributed by atoms with Gasteiger partial charge in [0.05, 0.1) is 7.11 Å². The summed E-state index contributed by atoms with van der Waals surface area (Å²) in [4.78, 5) is 28.3. The smallest absolute Gasteiger partial charge is 0.328 e. The minimum Gasteiger partial charge on any atom is -0.467 e. The average molecular weight is 368 g/mol. The van der Waals surface area contributed by atoms with Crippen molar-refractivity contribution in [3.63, 3.8) is 0 Å². The maximum atomic E-state index is 12.5. The van der Waals surface area contributed by atoms with Gasteiger partial charge in [0.1, 0.15) is 6.04 Å². The number of nitrogens with one attached hydrogen (secondary N) is 1. The molecule has 1 atom stereocenters. The van der Waals surface area contributed by atoms with Gasteiger partial charge in [-0.05, 0) is 30.5 Å². The molecule has 25 heavy (non-hydrogen) atoms. The Kier molecular flexibility index (Phi) is 6.93. The van der Waals surface area contributed by atoms with Crippen molar-refractivity contribution in [2.75, 3.05) is 38.2 Å². The number of amides is 2. The number of hydrogen-bond donors (Lipinski definition) is 1. The first-order chi connectivity index (χ1) is 11.9. The zero-order valence-corrected chi connectivity index (χ0v) is 15.8. The molecule has 1 aliphatic heterocycles. The van der Waals surface area contributed by atoms with E-state index in [2.05, 4.69) is 10.2 Å². The number of esters is 1. The van der Waals surface area contributed by atoms with E-state index in [9.17, 15) is 9.59 Å². The average Bonchev–Trinajstić information content (AvgIpc) is 2.60. The van der Waals surface area contributed by atoms with Gasteiger partial charge >= 0.3 is 12.0 Å². The lowest BCUT2D eigenvalue weighted by Gasteiger charge is -2.36. The molecule has 1 N–H and O–H groups in total. The highest BCUT2D eigenvalue weighted by molar-refractivity contribution is 6.30. The van der Waals surface area contributed by atoms with Gasteiger partial charge in [-0.1, -0.05) is 31.5 Å². The molecule has 6 nitrogen and oxygen atoms in total. The molecule has 0 bridgehead atoms. The van der Waals surface area contributed by atoms with Gasteiger partial charge in [0, 0.05) is 36.9 Å². The highest BCUT2D eigenvalue weighted by atomic mass is 35.5. The fraction of sp³-hybridized carbons (Fsp3) is 0.556. The summed E-state index contributed by atoms with van der Waals surface area (Å²) in [5.41, 5.74) is 1.06. The van der Waals surface area contributed by atoms with Crippen molar-refractivity contribution in [2.45, 2.75) is 26.3 Å². The van der Waals surface area contributed by atoms with Crippen LogP contribution in [0.25, 0.3) is 0 Å². The molecular weight excluding hydrogens is 342 g/mol. The molecular formula is C18H26ClN3O3. The molecule has 1 aliphatic rings. The van der Waals surface area contributed by atoms with Crippen LogP contribution in [0.4, 0.5) is 10.5 Å². The van der Waals surface area contributed by atoms with E-state index in [1.807, 2.05) is 38.1 Å². The van der Waals surface area contributed by atoms with Gasteiger partial charge in [0.25, 0.3) is 0 Å². The Morgan fingerprint density at radius 2 is 1.92 bits per heavy atom. The van der Waals surface area contributed by atoms with Crippen molar-refractivity contribution in [1.29, 1.82) is 0 Å². The molecule has 0 radical (unpaired) electrons. The van der Waals surface area contributed by atoms with Crippen LogP contribution in [-0.2, 0) is 9.53 Å². The molecule has 1 fully saturated rings. The number of anilines is 1. The number of nitrogens with zero attached hydrogens (tertiary/aromatic N) is 2. The fourth-order valence-electron chi connectivity index (χ4n) is 2.91. The summed E-state index contributed by atoms with van der Waals surface area (Å²) in [6.07, 6.45) is 0.556. The van der Waals surface area contributed by atoms with Gasteiger partial charge in [-0.15, -0.1) is 0 Å². The Labute approximate surface area is 154 Å². The maximum Gasteiger partial charge on any atom is 0.328 e. The Balaban J connectivity index is 1.90. The molecule has 0 spiro atoms. The second-order valence-electron chi connectivity index (χ2n) is 6.61. The normalized spacial score (nSPS) is 15.9. The summed E-state index contributed by atoms with van der Waals surface area (Å²) < 4.78 is 4.79. The van der Waals surface area contributed by atoms with Gasteiger partial charge in [0.2, 0.25) is 0 Å². The lowest BCUT2D eigenvalue weighted by Crippen LogP contribution is -2.55. The van der Waals surface area contributed by atoms with E-state index < -0.39 is 12.0 Å². The third kappa shape index (κ3) is 5.53. The number of methoxy groups -OCH3 is 1. The Hall–Kier alpha value is -1.95. The number of carbonyl (C=O) groups excluding carboxylic acids is 2. The molecule has 138 valence electrons. The van der Waals surface area contributed by atoms with Crippen LogP contribution >= 0.6 is 11.6 Å². The van der Waals surface area contributed by atoms with E-state index in [0.29, 0.717) is 24.5 Å². The molecule has 1 heterocycles. The summed E-state index contributed by atoms with van der Waals surface area (Å²) in [5.74, 6) is -0.122. The molecule has 1 aromatic rings. The van der Waals surface area contributed by atoms with E-state index >= 15 is 0 Å². The van der Waals surface area contributed by atoms with E-state index in [4.69, 9.17) is 16.3 Å². The van der Waals surface area contributed by atoms with E-state index in [1.165, 1.54) is 7.11 Å². The SMILES string of the molecule is COC(=O)C(CC(C)C)NC(=O)N1CCN(c2cccc(Cl)c2)CC1. The number of rotatable bonds is 5. The zero-order valence-electron chi connectivity index (χ0n) is 15.0. The number of benzene rings is 1. The first-order valence-corrected chi connectivity index (χ1v) is 8.92. The third-order valence-electron chi connectivity index (χ3n) is 4.23. The summed E-state index contributed by atoms with van der Waals surface area (Å²) in [6.45, 7) is 6.64. The van der Waals surface area contributed by atoms with Crippen LogP contribution in [0.5, 0.6) is 0 Å². The number of piperazine rings is 1. The summed E-state index contributed by atoms with van der Waals surface area (Å²) in [5, 5.41) is 3.51. The van der Waals surface area contributed by atoms with Gasteiger partial charge < -0.3 is 19.9 Å². The van der Waals surface area contributed by atoms with Gasteiger partial charge in [0.15, 0.2) is 0 Å². The second kappa shape index (κ2) is 8.94. The van der Waals surface area contributed by atoms with Crippen LogP contribution in [0, 0.1) is 5.92 Å². The first-order valence-electron chi connectivity index (χ1n) is 8.54. The van der Waals surface area contributed by atoms with Crippen molar-refractivity contribution >= 4 is 29.3 Å². The summed E-state index contributed by atoms with van der Waals surface area (Å²) in [6, 6.07) is 6.87. The zero-order chi connectivity index (χ0) is 18.4. The predicted molar refractivity (Wildman–Crippen MR) is 99.0 cm³/mol. The molecule has 7 heteroatoms. The van der Waals surface area contributed by atoms with E-state index in [-0.39, 0.29) is 11.9 Å². The standard InChI is InChI=1S/C18H26ClN3O3/c1-13(2)11-16(17(23)25-3)20-18(24)22-9-7-21(8-10-22)15-6-4-5-14(19)12-15/h4-6,12-13,16H,7-11H2,1-3H3,(H,20,24). The van der Waals surface area contributed by atoms with Crippen molar-refractivity contribution in [3.05, 3.63) is 29.3 Å². The molecule has 0 saturated carbocycles. The van der Waals surface area contributed by atoms with Crippen LogP contribution in [0.1, 0.15) is 20.3 Å². The highest BCUT2D eigenvalue weighted by Gasteiger charge is 2.27. The van der Waals surface area contributed by atoms with Crippen LogP contribution in [-0.4, -0.2) is 56.2 Å². The van der Waals surface area contributed by atoms with Gasteiger partial charge in [-0.2, -0.15) is 0 Å². The maximum absolute atomic E-state index is 12.5. The molecule has 1 saturated heterocycles. The van der Waals surface area contributed by atoms with E-state index in [0.717, 1.165) is 18.8 Å². The lowest BCUT2D eigenvalue weighted by atomic mass is 10.0. The van der Waals surface area contributed by atoms with Crippen LogP contribution in [0.3, 0.4) is 0 Å². The van der Waals surface area contributed by atoms with Crippen molar-refractivity contribution < 1.29 is 14.3 Å². The number of carbonyl (C=O) groups is 2. The summed E-state index contributed by atoms with van der Waals surface area (Å²) >= 11 is 6.04. The Morgan fingerprint density at radius 1 is 1.24 bits per heavy atom. The minimum absolute atomic E-state index is 0.221. The van der Waals surface area contributed by atoms with Crippen LogP contribution in [0.15, 0.2) is 24.3 Å². The fourth-order valence-corrected chi connectivity index (χ4v) is 3.09. The quantitative estimate of drug-likeness (QED) is 0.813. The van der Waals surface area contributed by atoms with Crippen molar-refractivity contribution in [1.82, 2.24) is 10.2 Å². The molecule has 2 amide bonds. The largest absolute Gasteiger partial charge is 0.467 e. The highest BCUT2D eigenvalue weighted by Crippen LogP contribution is 2.20. The Morgan fingerprint density at radius 3 is 2.48 bits per heavy atom. The first kappa shape index (κ1) is 19.4. The van der Waals surface area contributed by atoms with Crippen LogP contribution < -0.4 is 10.2 Å². The van der Waals surface area contributed by atoms with Crippen molar-refractivity contribution in [3.8, 4) is 0 Å². The number of ether oxygens (including phenoxy) is 1. The molecule has 0 aliphatic carbocycles. The number of hydrogen-bond acceptors (Lipinski definition) is 4.